The molecule has 0 aliphatic rings. The molecule has 0 aliphatic carbocycles. The highest BCUT2D eigenvalue weighted by Crippen LogP contribution is 2.14. The largest absolute Gasteiger partial charge is 0.330 e. The molecule has 2 N–H and O–H groups in total. The standard InChI is InChI=1S/C10H17N3S/c1-9-5-7-12-10(13-9)14-8-4-2-3-6-11/h5,7H,2-4,6,8,11H2,1H3. The number of hydrogen-bond acceptors (Lipinski definition) is 4. The van der Waals surface area contributed by atoms with Crippen LogP contribution in [0, 0.1) is 6.92 Å². The average Bonchev–Trinajstić information content (AvgIpc) is 2.18. The summed E-state index contributed by atoms with van der Waals surface area (Å²) in [6, 6.07) is 1.92. The summed E-state index contributed by atoms with van der Waals surface area (Å²) in [6.07, 6.45) is 5.33. The van der Waals surface area contributed by atoms with E-state index in [4.69, 9.17) is 5.73 Å². The third kappa shape index (κ3) is 4.58. The summed E-state index contributed by atoms with van der Waals surface area (Å²) < 4.78 is 0. The van der Waals surface area contributed by atoms with Crippen molar-refractivity contribution in [2.45, 2.75) is 31.3 Å². The number of thioether (sulfide) groups is 1. The van der Waals surface area contributed by atoms with Crippen LogP contribution in [-0.4, -0.2) is 22.3 Å². The van der Waals surface area contributed by atoms with Crippen LogP contribution in [0.3, 0.4) is 0 Å². The van der Waals surface area contributed by atoms with E-state index >= 15 is 0 Å². The molecule has 0 unspecified atom stereocenters. The Morgan fingerprint density at radius 1 is 1.36 bits per heavy atom. The summed E-state index contributed by atoms with van der Waals surface area (Å²) in [5.74, 6) is 1.09. The SMILES string of the molecule is Cc1ccnc(SCCCCCN)n1. The maximum absolute atomic E-state index is 5.41. The van der Waals surface area contributed by atoms with E-state index in [1.807, 2.05) is 19.2 Å². The zero-order chi connectivity index (χ0) is 10.2. The number of aromatic nitrogens is 2. The maximum Gasteiger partial charge on any atom is 0.187 e. The number of hydrogen-bond donors (Lipinski definition) is 1. The molecule has 1 heterocycles. The molecule has 3 nitrogen and oxygen atoms in total. The van der Waals surface area contributed by atoms with E-state index in [9.17, 15) is 0 Å². The Morgan fingerprint density at radius 2 is 2.21 bits per heavy atom. The Labute approximate surface area is 89.5 Å². The van der Waals surface area contributed by atoms with Crippen molar-refractivity contribution in [1.29, 1.82) is 0 Å². The van der Waals surface area contributed by atoms with E-state index < -0.39 is 0 Å². The number of unbranched alkanes of at least 4 members (excludes halogenated alkanes) is 2. The summed E-state index contributed by atoms with van der Waals surface area (Å²) in [7, 11) is 0. The molecule has 0 aromatic carbocycles. The molecule has 0 bridgehead atoms. The first-order valence-electron chi connectivity index (χ1n) is 4.95. The van der Waals surface area contributed by atoms with Gasteiger partial charge in [0.05, 0.1) is 0 Å². The van der Waals surface area contributed by atoms with Gasteiger partial charge in [0.2, 0.25) is 0 Å². The molecule has 0 saturated carbocycles. The molecule has 4 heteroatoms. The van der Waals surface area contributed by atoms with Gasteiger partial charge in [-0.1, -0.05) is 18.2 Å². The molecule has 1 rings (SSSR count). The minimum Gasteiger partial charge on any atom is -0.330 e. The summed E-state index contributed by atoms with van der Waals surface area (Å²) in [6.45, 7) is 2.78. The van der Waals surface area contributed by atoms with Crippen molar-refractivity contribution in [3.8, 4) is 0 Å². The van der Waals surface area contributed by atoms with Crippen LogP contribution in [0.1, 0.15) is 25.0 Å². The van der Waals surface area contributed by atoms with Gasteiger partial charge in [-0.05, 0) is 32.4 Å². The maximum atomic E-state index is 5.41. The lowest BCUT2D eigenvalue weighted by Crippen LogP contribution is -1.98. The summed E-state index contributed by atoms with van der Waals surface area (Å²) in [4.78, 5) is 8.50. The summed E-state index contributed by atoms with van der Waals surface area (Å²) in [5.41, 5.74) is 6.44. The van der Waals surface area contributed by atoms with Gasteiger partial charge in [-0.25, -0.2) is 9.97 Å². The zero-order valence-electron chi connectivity index (χ0n) is 8.57. The van der Waals surface area contributed by atoms with Crippen molar-refractivity contribution < 1.29 is 0 Å². The van der Waals surface area contributed by atoms with Crippen molar-refractivity contribution in [2.24, 2.45) is 5.73 Å². The third-order valence-electron chi connectivity index (χ3n) is 1.85. The number of nitrogens with zero attached hydrogens (tertiary/aromatic N) is 2. The monoisotopic (exact) mass is 211 g/mol. The van der Waals surface area contributed by atoms with Gasteiger partial charge in [-0.2, -0.15) is 0 Å². The van der Waals surface area contributed by atoms with Crippen molar-refractivity contribution >= 4 is 11.8 Å². The van der Waals surface area contributed by atoms with Gasteiger partial charge in [-0.15, -0.1) is 0 Å². The molecule has 14 heavy (non-hydrogen) atoms. The van der Waals surface area contributed by atoms with E-state index in [-0.39, 0.29) is 0 Å². The number of rotatable bonds is 6. The molecule has 1 aromatic rings. The Bertz CT molecular complexity index is 265. The van der Waals surface area contributed by atoms with Gasteiger partial charge >= 0.3 is 0 Å². The zero-order valence-corrected chi connectivity index (χ0v) is 9.39. The fraction of sp³-hybridized carbons (Fsp3) is 0.600. The van der Waals surface area contributed by atoms with Gasteiger partial charge < -0.3 is 5.73 Å². The predicted molar refractivity (Wildman–Crippen MR) is 60.4 cm³/mol. The lowest BCUT2D eigenvalue weighted by Gasteiger charge is -2.00. The predicted octanol–water partition coefficient (Wildman–Crippen LogP) is 2.01. The van der Waals surface area contributed by atoms with E-state index in [1.54, 1.807) is 11.8 Å². The van der Waals surface area contributed by atoms with Crippen molar-refractivity contribution in [1.82, 2.24) is 9.97 Å². The molecule has 0 amide bonds. The third-order valence-corrected chi connectivity index (χ3v) is 2.80. The molecule has 0 spiro atoms. The molecule has 78 valence electrons. The first-order valence-corrected chi connectivity index (χ1v) is 5.94. The Morgan fingerprint density at radius 3 is 2.93 bits per heavy atom. The highest BCUT2D eigenvalue weighted by Gasteiger charge is 1.96. The highest BCUT2D eigenvalue weighted by molar-refractivity contribution is 7.99. The lowest BCUT2D eigenvalue weighted by atomic mass is 10.2. The van der Waals surface area contributed by atoms with E-state index in [1.165, 1.54) is 12.8 Å². The smallest absolute Gasteiger partial charge is 0.187 e. The van der Waals surface area contributed by atoms with Crippen LogP contribution >= 0.6 is 11.8 Å². The van der Waals surface area contributed by atoms with Crippen LogP contribution in [0.2, 0.25) is 0 Å². The molecule has 0 radical (unpaired) electrons. The van der Waals surface area contributed by atoms with E-state index in [2.05, 4.69) is 9.97 Å². The van der Waals surface area contributed by atoms with Crippen molar-refractivity contribution in [3.63, 3.8) is 0 Å². The van der Waals surface area contributed by atoms with Crippen LogP contribution < -0.4 is 5.73 Å². The molecule has 1 aromatic heterocycles. The quantitative estimate of drug-likeness (QED) is 0.444. The second-order valence-electron chi connectivity index (χ2n) is 3.18. The normalized spacial score (nSPS) is 10.4. The number of nitrogens with two attached hydrogens (primary N) is 1. The Balaban J connectivity index is 2.18. The van der Waals surface area contributed by atoms with Gasteiger partial charge in [0.15, 0.2) is 5.16 Å². The minimum atomic E-state index is 0.797. The first-order chi connectivity index (χ1) is 6.83. The number of aryl methyl sites for hydroxylation is 1. The van der Waals surface area contributed by atoms with Crippen LogP contribution in [0.4, 0.5) is 0 Å². The molecule has 0 fully saturated rings. The minimum absolute atomic E-state index is 0.797. The molecular weight excluding hydrogens is 194 g/mol. The van der Waals surface area contributed by atoms with Crippen LogP contribution in [0.15, 0.2) is 17.4 Å². The molecule has 0 aliphatic heterocycles. The van der Waals surface area contributed by atoms with Gasteiger partial charge in [-0.3, -0.25) is 0 Å². The van der Waals surface area contributed by atoms with Crippen LogP contribution in [0.5, 0.6) is 0 Å². The second-order valence-corrected chi connectivity index (χ2v) is 4.24. The fourth-order valence-corrected chi connectivity index (χ4v) is 1.96. The molecular formula is C10H17N3S. The van der Waals surface area contributed by atoms with Gasteiger partial charge in [0, 0.05) is 17.6 Å². The first kappa shape index (κ1) is 11.5. The van der Waals surface area contributed by atoms with Crippen molar-refractivity contribution in [2.75, 3.05) is 12.3 Å². The Hall–Kier alpha value is -0.610. The fourth-order valence-electron chi connectivity index (χ4n) is 1.08. The van der Waals surface area contributed by atoms with Gasteiger partial charge in [0.25, 0.3) is 0 Å². The summed E-state index contributed by atoms with van der Waals surface area (Å²) in [5, 5.41) is 0.887. The Kier molecular flexibility index (Phi) is 5.56. The highest BCUT2D eigenvalue weighted by atomic mass is 32.2. The topological polar surface area (TPSA) is 51.8 Å². The van der Waals surface area contributed by atoms with Crippen molar-refractivity contribution in [3.05, 3.63) is 18.0 Å². The molecule has 0 saturated heterocycles. The van der Waals surface area contributed by atoms with E-state index in [0.717, 1.165) is 29.6 Å². The van der Waals surface area contributed by atoms with Crippen LogP contribution in [0.25, 0.3) is 0 Å². The summed E-state index contributed by atoms with van der Waals surface area (Å²) >= 11 is 1.72. The van der Waals surface area contributed by atoms with E-state index in [0.29, 0.717) is 0 Å². The second kappa shape index (κ2) is 6.79. The van der Waals surface area contributed by atoms with Gasteiger partial charge in [0.1, 0.15) is 0 Å². The molecule has 0 atom stereocenters. The average molecular weight is 211 g/mol. The van der Waals surface area contributed by atoms with Crippen LogP contribution in [-0.2, 0) is 0 Å². The lowest BCUT2D eigenvalue weighted by molar-refractivity contribution is 0.731.